The van der Waals surface area contributed by atoms with Crippen molar-refractivity contribution in [3.63, 3.8) is 0 Å². The second-order valence-corrected chi connectivity index (χ2v) is 4.73. The van der Waals surface area contributed by atoms with Gasteiger partial charge in [0, 0.05) is 6.04 Å². The quantitative estimate of drug-likeness (QED) is 0.485. The van der Waals surface area contributed by atoms with E-state index in [2.05, 4.69) is 5.32 Å². The Kier molecular flexibility index (Phi) is 4.16. The molecular formula is C15H12F5N. The highest BCUT2D eigenvalue weighted by molar-refractivity contribution is 5.49. The summed E-state index contributed by atoms with van der Waals surface area (Å²) >= 11 is 0. The Balaban J connectivity index is 2.40. The monoisotopic (exact) mass is 301 g/mol. The van der Waals surface area contributed by atoms with Crippen LogP contribution in [0.25, 0.3) is 0 Å². The van der Waals surface area contributed by atoms with Gasteiger partial charge in [0.15, 0.2) is 23.3 Å². The van der Waals surface area contributed by atoms with Gasteiger partial charge in [0.05, 0.1) is 0 Å². The summed E-state index contributed by atoms with van der Waals surface area (Å²) in [6.07, 6.45) is 0. The second kappa shape index (κ2) is 5.71. The van der Waals surface area contributed by atoms with Crippen LogP contribution >= 0.6 is 0 Å². The van der Waals surface area contributed by atoms with Crippen molar-refractivity contribution in [3.8, 4) is 0 Å². The number of aryl methyl sites for hydroxylation is 1. The van der Waals surface area contributed by atoms with E-state index >= 15 is 0 Å². The second-order valence-electron chi connectivity index (χ2n) is 4.73. The van der Waals surface area contributed by atoms with Crippen molar-refractivity contribution in [1.29, 1.82) is 0 Å². The van der Waals surface area contributed by atoms with Gasteiger partial charge in [-0.15, -0.1) is 0 Å². The summed E-state index contributed by atoms with van der Waals surface area (Å²) in [5.74, 6) is -9.84. The minimum Gasteiger partial charge on any atom is -0.374 e. The van der Waals surface area contributed by atoms with Crippen molar-refractivity contribution in [2.45, 2.75) is 19.9 Å². The van der Waals surface area contributed by atoms with Crippen LogP contribution in [0.2, 0.25) is 0 Å². The molecule has 0 heterocycles. The number of benzene rings is 2. The minimum atomic E-state index is -2.17. The number of rotatable bonds is 3. The molecule has 0 aromatic heterocycles. The van der Waals surface area contributed by atoms with Crippen LogP contribution in [0.15, 0.2) is 24.3 Å². The standard InChI is InChI=1S/C15H12F5N/c1-7-4-3-5-9(6-7)8(2)21-15-13(19)11(17)10(16)12(18)14(15)20/h3-6,8,21H,1-2H3. The fourth-order valence-electron chi connectivity index (χ4n) is 1.97. The zero-order chi connectivity index (χ0) is 15.7. The van der Waals surface area contributed by atoms with Gasteiger partial charge in [-0.05, 0) is 19.4 Å². The molecule has 0 radical (unpaired) electrons. The Labute approximate surface area is 118 Å². The summed E-state index contributed by atoms with van der Waals surface area (Å²) in [5.41, 5.74) is 0.554. The number of nitrogens with one attached hydrogen (secondary N) is 1. The molecule has 112 valence electrons. The molecule has 1 atom stereocenters. The summed E-state index contributed by atoms with van der Waals surface area (Å²) < 4.78 is 66.3. The van der Waals surface area contributed by atoms with Gasteiger partial charge in [-0.25, -0.2) is 22.0 Å². The number of halogens is 5. The van der Waals surface area contributed by atoms with Crippen LogP contribution in [-0.2, 0) is 0 Å². The Bertz CT molecular complexity index is 655. The Morgan fingerprint density at radius 2 is 1.38 bits per heavy atom. The normalized spacial score (nSPS) is 12.3. The van der Waals surface area contributed by atoms with Crippen molar-refractivity contribution in [2.24, 2.45) is 0 Å². The summed E-state index contributed by atoms with van der Waals surface area (Å²) in [5, 5.41) is 2.33. The molecule has 2 aromatic rings. The van der Waals surface area contributed by atoms with Crippen LogP contribution in [0.3, 0.4) is 0 Å². The van der Waals surface area contributed by atoms with E-state index in [1.807, 2.05) is 13.0 Å². The zero-order valence-electron chi connectivity index (χ0n) is 11.3. The van der Waals surface area contributed by atoms with Gasteiger partial charge in [0.25, 0.3) is 0 Å². The van der Waals surface area contributed by atoms with Crippen molar-refractivity contribution in [3.05, 3.63) is 64.5 Å². The molecule has 2 aromatic carbocycles. The third-order valence-electron chi connectivity index (χ3n) is 3.11. The van der Waals surface area contributed by atoms with Crippen LogP contribution < -0.4 is 5.32 Å². The lowest BCUT2D eigenvalue weighted by Crippen LogP contribution is -2.13. The van der Waals surface area contributed by atoms with Gasteiger partial charge in [-0.1, -0.05) is 29.8 Å². The van der Waals surface area contributed by atoms with Gasteiger partial charge < -0.3 is 5.32 Å². The Morgan fingerprint density at radius 3 is 1.90 bits per heavy atom. The molecule has 0 amide bonds. The maximum Gasteiger partial charge on any atom is 0.200 e. The van der Waals surface area contributed by atoms with Gasteiger partial charge in [0.1, 0.15) is 5.69 Å². The Morgan fingerprint density at radius 1 is 0.857 bits per heavy atom. The largest absolute Gasteiger partial charge is 0.374 e. The summed E-state index contributed by atoms with van der Waals surface area (Å²) in [6, 6.07) is 6.38. The van der Waals surface area contributed by atoms with E-state index in [1.54, 1.807) is 25.1 Å². The van der Waals surface area contributed by atoms with E-state index in [1.165, 1.54) is 0 Å². The molecule has 1 N–H and O–H groups in total. The first-order valence-electron chi connectivity index (χ1n) is 6.17. The van der Waals surface area contributed by atoms with Crippen molar-refractivity contribution in [1.82, 2.24) is 0 Å². The third kappa shape index (κ3) is 2.84. The molecule has 0 spiro atoms. The van der Waals surface area contributed by atoms with E-state index in [0.717, 1.165) is 5.56 Å². The summed E-state index contributed by atoms with van der Waals surface area (Å²) in [6.45, 7) is 3.39. The first kappa shape index (κ1) is 15.3. The third-order valence-corrected chi connectivity index (χ3v) is 3.11. The SMILES string of the molecule is Cc1cccc(C(C)Nc2c(F)c(F)c(F)c(F)c2F)c1. The topological polar surface area (TPSA) is 12.0 Å². The molecular weight excluding hydrogens is 289 g/mol. The minimum absolute atomic E-state index is 0.627. The van der Waals surface area contributed by atoms with Crippen molar-refractivity contribution in [2.75, 3.05) is 5.32 Å². The smallest absolute Gasteiger partial charge is 0.200 e. The first-order valence-corrected chi connectivity index (χ1v) is 6.17. The van der Waals surface area contributed by atoms with E-state index < -0.39 is 40.8 Å². The van der Waals surface area contributed by atoms with Crippen LogP contribution in [0, 0.1) is 36.0 Å². The average molecular weight is 301 g/mol. The van der Waals surface area contributed by atoms with E-state index in [9.17, 15) is 22.0 Å². The molecule has 0 fully saturated rings. The Hall–Kier alpha value is -2.11. The van der Waals surface area contributed by atoms with Crippen molar-refractivity contribution < 1.29 is 22.0 Å². The lowest BCUT2D eigenvalue weighted by molar-refractivity contribution is 0.381. The summed E-state index contributed by atoms with van der Waals surface area (Å²) in [7, 11) is 0. The number of hydrogen-bond donors (Lipinski definition) is 1. The molecule has 0 saturated carbocycles. The zero-order valence-corrected chi connectivity index (χ0v) is 11.3. The molecule has 0 aliphatic carbocycles. The fourth-order valence-corrected chi connectivity index (χ4v) is 1.97. The average Bonchev–Trinajstić information content (AvgIpc) is 2.47. The number of hydrogen-bond acceptors (Lipinski definition) is 1. The number of anilines is 1. The maximum absolute atomic E-state index is 13.6. The van der Waals surface area contributed by atoms with E-state index in [4.69, 9.17) is 0 Å². The van der Waals surface area contributed by atoms with Crippen LogP contribution in [0.4, 0.5) is 27.6 Å². The predicted octanol–water partition coefficient (Wildman–Crippen LogP) is 4.86. The summed E-state index contributed by atoms with van der Waals surface area (Å²) in [4.78, 5) is 0. The lowest BCUT2D eigenvalue weighted by Gasteiger charge is -2.18. The van der Waals surface area contributed by atoms with E-state index in [-0.39, 0.29) is 0 Å². The molecule has 0 saturated heterocycles. The van der Waals surface area contributed by atoms with Gasteiger partial charge in [-0.2, -0.15) is 0 Å². The molecule has 2 rings (SSSR count). The van der Waals surface area contributed by atoms with Gasteiger partial charge in [0.2, 0.25) is 5.82 Å². The molecule has 1 nitrogen and oxygen atoms in total. The first-order chi connectivity index (χ1) is 9.82. The van der Waals surface area contributed by atoms with Gasteiger partial charge >= 0.3 is 0 Å². The molecule has 0 aliphatic rings. The highest BCUT2D eigenvalue weighted by Gasteiger charge is 2.26. The predicted molar refractivity (Wildman–Crippen MR) is 69.4 cm³/mol. The van der Waals surface area contributed by atoms with Crippen LogP contribution in [-0.4, -0.2) is 0 Å². The van der Waals surface area contributed by atoms with E-state index in [0.29, 0.717) is 5.56 Å². The molecule has 21 heavy (non-hydrogen) atoms. The molecule has 0 aliphatic heterocycles. The molecule has 0 bridgehead atoms. The maximum atomic E-state index is 13.6. The van der Waals surface area contributed by atoms with Gasteiger partial charge in [-0.3, -0.25) is 0 Å². The fraction of sp³-hybridized carbons (Fsp3) is 0.200. The van der Waals surface area contributed by atoms with Crippen LogP contribution in [0.5, 0.6) is 0 Å². The van der Waals surface area contributed by atoms with Crippen LogP contribution in [0.1, 0.15) is 24.1 Å². The highest BCUT2D eigenvalue weighted by Crippen LogP contribution is 2.30. The van der Waals surface area contributed by atoms with Crippen molar-refractivity contribution >= 4 is 5.69 Å². The molecule has 1 unspecified atom stereocenters. The highest BCUT2D eigenvalue weighted by atomic mass is 19.2. The molecule has 6 heteroatoms. The lowest BCUT2D eigenvalue weighted by atomic mass is 10.1.